The fourth-order valence-corrected chi connectivity index (χ4v) is 1.60. The lowest BCUT2D eigenvalue weighted by molar-refractivity contribution is -0.136. The quantitative estimate of drug-likeness (QED) is 0.728. The molecule has 0 saturated carbocycles. The lowest BCUT2D eigenvalue weighted by atomic mass is 10.1. The van der Waals surface area contributed by atoms with Crippen molar-refractivity contribution in [2.24, 2.45) is 5.73 Å². The minimum Gasteiger partial charge on any atom is -0.481 e. The zero-order valence-corrected chi connectivity index (χ0v) is 11.7. The molecule has 4 heteroatoms. The minimum atomic E-state index is -0.799. The highest BCUT2D eigenvalue weighted by Crippen LogP contribution is 2.19. The maximum absolute atomic E-state index is 10.6. The van der Waals surface area contributed by atoms with Crippen LogP contribution in [-0.2, 0) is 11.2 Å². The molecule has 1 heterocycles. The van der Waals surface area contributed by atoms with Gasteiger partial charge in [0.15, 0.2) is 0 Å². The number of carboxylic acids is 1. The average molecular weight is 262 g/mol. The van der Waals surface area contributed by atoms with Crippen LogP contribution in [0, 0.1) is 6.92 Å². The predicted octanol–water partition coefficient (Wildman–Crippen LogP) is 2.87. The van der Waals surface area contributed by atoms with Crippen LogP contribution in [0.2, 0.25) is 0 Å². The van der Waals surface area contributed by atoms with Gasteiger partial charge in [0.1, 0.15) is 0 Å². The average Bonchev–Trinajstić information content (AvgIpc) is 2.75. The van der Waals surface area contributed by atoms with Crippen molar-refractivity contribution in [2.75, 3.05) is 7.05 Å². The highest BCUT2D eigenvalue weighted by atomic mass is 16.4. The van der Waals surface area contributed by atoms with Crippen molar-refractivity contribution < 1.29 is 9.90 Å². The van der Waals surface area contributed by atoms with Crippen LogP contribution in [0.25, 0.3) is 10.9 Å². The molecular weight excluding hydrogens is 240 g/mol. The number of aromatic amines is 1. The van der Waals surface area contributed by atoms with E-state index in [2.05, 4.69) is 17.3 Å². The van der Waals surface area contributed by atoms with Gasteiger partial charge < -0.3 is 15.8 Å². The Balaban J connectivity index is 0.000000573. The molecule has 0 amide bonds. The van der Waals surface area contributed by atoms with Gasteiger partial charge in [-0.1, -0.05) is 17.7 Å². The number of aromatic nitrogens is 1. The normalized spacial score (nSPS) is 8.84. The van der Waals surface area contributed by atoms with Gasteiger partial charge in [-0.2, -0.15) is 0 Å². The first-order valence-corrected chi connectivity index (χ1v) is 6.01. The number of aryl methyl sites for hydroxylation is 1. The van der Waals surface area contributed by atoms with Gasteiger partial charge in [0, 0.05) is 17.1 Å². The molecule has 4 nitrogen and oxygen atoms in total. The first kappa shape index (κ1) is 16.9. The summed E-state index contributed by atoms with van der Waals surface area (Å²) in [6, 6.07) is 5.98. The molecule has 0 atom stereocenters. The minimum absolute atomic E-state index is 0.0729. The number of H-pyrrole nitrogens is 1. The summed E-state index contributed by atoms with van der Waals surface area (Å²) in [6.45, 7) is 7.25. The van der Waals surface area contributed by atoms with Gasteiger partial charge in [-0.25, -0.2) is 0 Å². The van der Waals surface area contributed by atoms with Crippen molar-refractivity contribution >= 4 is 16.9 Å². The van der Waals surface area contributed by atoms with Gasteiger partial charge >= 0.3 is 5.97 Å². The van der Waals surface area contributed by atoms with E-state index in [1.165, 1.54) is 7.05 Å². The van der Waals surface area contributed by atoms with Crippen LogP contribution >= 0.6 is 0 Å². The Hall–Kier alpha value is -2.07. The largest absolute Gasteiger partial charge is 0.481 e. The zero-order chi connectivity index (χ0) is 14.8. The molecule has 1 aromatic heterocycles. The number of benzene rings is 1. The summed E-state index contributed by atoms with van der Waals surface area (Å²) in [5.41, 5.74) is 7.48. The van der Waals surface area contributed by atoms with Crippen LogP contribution in [0.1, 0.15) is 18.1 Å². The maximum atomic E-state index is 10.6. The van der Waals surface area contributed by atoms with Crippen LogP contribution in [0.15, 0.2) is 37.1 Å². The van der Waals surface area contributed by atoms with E-state index in [1.54, 1.807) is 12.3 Å². The Morgan fingerprint density at radius 2 is 2.05 bits per heavy atom. The molecule has 104 valence electrons. The van der Waals surface area contributed by atoms with E-state index >= 15 is 0 Å². The number of carbonyl (C=O) groups is 1. The molecule has 0 bridgehead atoms. The van der Waals surface area contributed by atoms with Gasteiger partial charge in [-0.15, -0.1) is 6.58 Å². The van der Waals surface area contributed by atoms with Crippen molar-refractivity contribution in [3.8, 4) is 0 Å². The van der Waals surface area contributed by atoms with E-state index in [-0.39, 0.29) is 6.42 Å². The van der Waals surface area contributed by atoms with Crippen LogP contribution in [0.4, 0.5) is 0 Å². The molecule has 0 radical (unpaired) electrons. The molecule has 0 aliphatic carbocycles. The molecular formula is C15H22N2O2. The number of carboxylic acid groups (broad SMARTS) is 1. The SMILES string of the molecule is C=CC.CN.Cc1ccc2[nH]cc(CC(=O)O)c2c1. The lowest BCUT2D eigenvalue weighted by Gasteiger charge is -1.96. The molecule has 4 N–H and O–H groups in total. The topological polar surface area (TPSA) is 79.1 Å². The molecule has 0 aliphatic heterocycles. The fourth-order valence-electron chi connectivity index (χ4n) is 1.60. The Bertz CT molecular complexity index is 530. The molecule has 0 aliphatic rings. The molecule has 0 fully saturated rings. The highest BCUT2D eigenvalue weighted by molar-refractivity contribution is 5.87. The molecule has 1 aromatic carbocycles. The van der Waals surface area contributed by atoms with E-state index < -0.39 is 5.97 Å². The summed E-state index contributed by atoms with van der Waals surface area (Å²) in [5, 5.41) is 9.71. The molecule has 2 aromatic rings. The van der Waals surface area contributed by atoms with Gasteiger partial charge in [-0.05, 0) is 38.6 Å². The van der Waals surface area contributed by atoms with Crippen molar-refractivity contribution in [3.05, 3.63) is 48.2 Å². The second-order valence-electron chi connectivity index (χ2n) is 3.84. The second kappa shape index (κ2) is 8.94. The number of aliphatic carboxylic acids is 1. The molecule has 0 unspecified atom stereocenters. The Kier molecular flexibility index (Phi) is 7.97. The summed E-state index contributed by atoms with van der Waals surface area (Å²) < 4.78 is 0. The molecule has 2 rings (SSSR count). The van der Waals surface area contributed by atoms with E-state index in [9.17, 15) is 4.79 Å². The Morgan fingerprint density at radius 1 is 1.47 bits per heavy atom. The molecule has 19 heavy (non-hydrogen) atoms. The number of nitrogens with two attached hydrogens (primary N) is 1. The van der Waals surface area contributed by atoms with Gasteiger partial charge in [-0.3, -0.25) is 4.79 Å². The first-order valence-electron chi connectivity index (χ1n) is 6.01. The van der Waals surface area contributed by atoms with Crippen molar-refractivity contribution in [1.82, 2.24) is 4.98 Å². The lowest BCUT2D eigenvalue weighted by Crippen LogP contribution is -1.98. The van der Waals surface area contributed by atoms with E-state index in [1.807, 2.05) is 32.0 Å². The first-order chi connectivity index (χ1) is 9.08. The number of rotatable bonds is 2. The standard InChI is InChI=1S/C11H11NO2.C3H6.CH5N/c1-7-2-3-10-9(4-7)8(6-12-10)5-11(13)14;1-3-2;1-2/h2-4,6,12H,5H2,1H3,(H,13,14);3H,1H2,2H3;2H2,1H3. The highest BCUT2D eigenvalue weighted by Gasteiger charge is 2.06. The summed E-state index contributed by atoms with van der Waals surface area (Å²) in [4.78, 5) is 13.6. The fraction of sp³-hybridized carbons (Fsp3) is 0.267. The smallest absolute Gasteiger partial charge is 0.307 e. The third kappa shape index (κ3) is 5.40. The number of hydrogen-bond donors (Lipinski definition) is 3. The van der Waals surface area contributed by atoms with Crippen molar-refractivity contribution in [2.45, 2.75) is 20.3 Å². The van der Waals surface area contributed by atoms with Crippen LogP contribution in [0.3, 0.4) is 0 Å². The summed E-state index contributed by atoms with van der Waals surface area (Å²) in [7, 11) is 1.50. The molecule has 0 spiro atoms. The van der Waals surface area contributed by atoms with E-state index in [4.69, 9.17) is 5.11 Å². The number of fused-ring (bicyclic) bond motifs is 1. The summed E-state index contributed by atoms with van der Waals surface area (Å²) in [5.74, 6) is -0.799. The number of allylic oxidation sites excluding steroid dienone is 1. The van der Waals surface area contributed by atoms with Crippen LogP contribution in [0.5, 0.6) is 0 Å². The number of hydrogen-bond acceptors (Lipinski definition) is 2. The third-order valence-corrected chi connectivity index (χ3v) is 2.26. The van der Waals surface area contributed by atoms with Gasteiger partial charge in [0.2, 0.25) is 0 Å². The zero-order valence-electron chi connectivity index (χ0n) is 11.7. The third-order valence-electron chi connectivity index (χ3n) is 2.26. The van der Waals surface area contributed by atoms with Gasteiger partial charge in [0.25, 0.3) is 0 Å². The van der Waals surface area contributed by atoms with Crippen LogP contribution in [-0.4, -0.2) is 23.1 Å². The predicted molar refractivity (Wildman–Crippen MR) is 80.4 cm³/mol. The number of nitrogens with one attached hydrogen (secondary N) is 1. The summed E-state index contributed by atoms with van der Waals surface area (Å²) >= 11 is 0. The summed E-state index contributed by atoms with van der Waals surface area (Å²) in [6.07, 6.45) is 3.58. The van der Waals surface area contributed by atoms with Crippen LogP contribution < -0.4 is 5.73 Å². The van der Waals surface area contributed by atoms with Gasteiger partial charge in [0.05, 0.1) is 6.42 Å². The Morgan fingerprint density at radius 3 is 2.58 bits per heavy atom. The maximum Gasteiger partial charge on any atom is 0.307 e. The monoisotopic (exact) mass is 262 g/mol. The van der Waals surface area contributed by atoms with E-state index in [0.717, 1.165) is 22.0 Å². The Labute approximate surface area is 113 Å². The molecule has 0 saturated heterocycles. The van der Waals surface area contributed by atoms with Crippen molar-refractivity contribution in [1.29, 1.82) is 0 Å². The van der Waals surface area contributed by atoms with E-state index in [0.29, 0.717) is 0 Å². The van der Waals surface area contributed by atoms with Crippen molar-refractivity contribution in [3.63, 3.8) is 0 Å². The second-order valence-corrected chi connectivity index (χ2v) is 3.84.